The Labute approximate surface area is 225 Å². The fourth-order valence-electron chi connectivity index (χ4n) is 4.07. The zero-order chi connectivity index (χ0) is 26.5. The summed E-state index contributed by atoms with van der Waals surface area (Å²) in [6.07, 6.45) is -0.373. The van der Waals surface area contributed by atoms with E-state index >= 15 is 0 Å². The Morgan fingerprint density at radius 1 is 1.11 bits per heavy atom. The van der Waals surface area contributed by atoms with Crippen molar-refractivity contribution in [1.29, 1.82) is 0 Å². The van der Waals surface area contributed by atoms with Crippen LogP contribution in [-0.4, -0.2) is 36.2 Å². The summed E-state index contributed by atoms with van der Waals surface area (Å²) >= 11 is 12.4. The fraction of sp³-hybridized carbons (Fsp3) is 0.286. The molecular formula is C28H27Cl2NO6. The number of aliphatic hydroxyl groups is 1. The van der Waals surface area contributed by atoms with Crippen molar-refractivity contribution in [1.82, 2.24) is 5.32 Å². The monoisotopic (exact) mass is 543 g/mol. The van der Waals surface area contributed by atoms with Crippen molar-refractivity contribution in [3.63, 3.8) is 0 Å². The number of carbonyl (C=O) groups is 2. The highest BCUT2D eigenvalue weighted by molar-refractivity contribution is 6.32. The Kier molecular flexibility index (Phi) is 8.59. The molecule has 3 atom stereocenters. The van der Waals surface area contributed by atoms with Crippen LogP contribution in [0.5, 0.6) is 17.2 Å². The molecule has 0 radical (unpaired) electrons. The minimum atomic E-state index is -0.888. The van der Waals surface area contributed by atoms with Crippen LogP contribution >= 0.6 is 23.2 Å². The molecule has 0 aliphatic carbocycles. The van der Waals surface area contributed by atoms with Crippen molar-refractivity contribution in [3.05, 3.63) is 87.4 Å². The van der Waals surface area contributed by atoms with Crippen molar-refractivity contribution in [2.24, 2.45) is 0 Å². The summed E-state index contributed by atoms with van der Waals surface area (Å²) in [4.78, 5) is 25.0. The largest absolute Gasteiger partial charge is 0.493 e. The first-order valence-corrected chi connectivity index (χ1v) is 12.7. The summed E-state index contributed by atoms with van der Waals surface area (Å²) in [5, 5.41) is 14.2. The number of carbonyl (C=O) groups excluding carboxylic acids is 2. The van der Waals surface area contributed by atoms with Crippen LogP contribution in [0.1, 0.15) is 53.8 Å². The molecule has 1 aliphatic rings. The second-order valence-electron chi connectivity index (χ2n) is 8.65. The Balaban J connectivity index is 1.42. The van der Waals surface area contributed by atoms with E-state index in [2.05, 4.69) is 5.32 Å². The van der Waals surface area contributed by atoms with Crippen LogP contribution < -0.4 is 14.8 Å². The third kappa shape index (κ3) is 6.36. The number of hydrogen-bond donors (Lipinski definition) is 2. The number of nitrogens with one attached hydrogen (secondary N) is 1. The maximum atomic E-state index is 12.7. The van der Waals surface area contributed by atoms with Crippen LogP contribution in [-0.2, 0) is 9.53 Å². The van der Waals surface area contributed by atoms with E-state index in [1.807, 2.05) is 0 Å². The number of fused-ring (bicyclic) bond motifs is 1. The van der Waals surface area contributed by atoms with Gasteiger partial charge < -0.3 is 24.6 Å². The molecule has 7 nitrogen and oxygen atoms in total. The average molecular weight is 544 g/mol. The number of benzene rings is 3. The molecule has 3 unspecified atom stereocenters. The molecule has 3 aromatic rings. The Hall–Kier alpha value is -3.26. The van der Waals surface area contributed by atoms with Crippen LogP contribution in [0.15, 0.2) is 60.7 Å². The maximum absolute atomic E-state index is 12.7. The van der Waals surface area contributed by atoms with E-state index in [1.165, 1.54) is 0 Å². The highest BCUT2D eigenvalue weighted by Gasteiger charge is 2.30. The second-order valence-corrected chi connectivity index (χ2v) is 9.49. The van der Waals surface area contributed by atoms with Crippen LogP contribution in [0.2, 0.25) is 10.0 Å². The number of esters is 1. The Bertz CT molecular complexity index is 1260. The van der Waals surface area contributed by atoms with Crippen molar-refractivity contribution in [2.75, 3.05) is 13.2 Å². The van der Waals surface area contributed by atoms with E-state index in [4.69, 9.17) is 37.4 Å². The highest BCUT2D eigenvalue weighted by atomic mass is 35.5. The van der Waals surface area contributed by atoms with E-state index in [9.17, 15) is 14.7 Å². The number of hydrogen-bond acceptors (Lipinski definition) is 6. The maximum Gasteiger partial charge on any atom is 0.313 e. The SMILES string of the molecule is CCOC(=O)C1CCOc2cc(Oc3ccc(C(=O)NC(C)C(O)c4ccc(Cl)cc4)cc3)c(Cl)cc21. The van der Waals surface area contributed by atoms with E-state index in [0.717, 1.165) is 0 Å². The van der Waals surface area contributed by atoms with Crippen molar-refractivity contribution in [2.45, 2.75) is 38.3 Å². The molecule has 0 aromatic heterocycles. The molecule has 1 heterocycles. The number of amides is 1. The second kappa shape index (κ2) is 11.9. The van der Waals surface area contributed by atoms with Gasteiger partial charge in [-0.05, 0) is 68.3 Å². The topological polar surface area (TPSA) is 94.1 Å². The third-order valence-corrected chi connectivity index (χ3v) is 6.61. The van der Waals surface area contributed by atoms with Gasteiger partial charge in [0.05, 0.1) is 36.3 Å². The summed E-state index contributed by atoms with van der Waals surface area (Å²) in [7, 11) is 0. The molecule has 0 bridgehead atoms. The third-order valence-electron chi connectivity index (χ3n) is 6.06. The number of ether oxygens (including phenoxy) is 3. The molecule has 1 aliphatic heterocycles. The molecule has 2 N–H and O–H groups in total. The van der Waals surface area contributed by atoms with Gasteiger partial charge in [0.1, 0.15) is 17.2 Å². The van der Waals surface area contributed by atoms with Gasteiger partial charge in [-0.15, -0.1) is 0 Å². The molecule has 194 valence electrons. The predicted octanol–water partition coefficient (Wildman–Crippen LogP) is 6.07. The van der Waals surface area contributed by atoms with Crippen molar-refractivity contribution >= 4 is 35.1 Å². The summed E-state index contributed by atoms with van der Waals surface area (Å²) in [6, 6.07) is 16.1. The van der Waals surface area contributed by atoms with Gasteiger partial charge in [-0.25, -0.2) is 0 Å². The lowest BCUT2D eigenvalue weighted by Gasteiger charge is -2.25. The van der Waals surface area contributed by atoms with Crippen molar-refractivity contribution in [3.8, 4) is 17.2 Å². The Morgan fingerprint density at radius 3 is 2.49 bits per heavy atom. The molecular weight excluding hydrogens is 517 g/mol. The average Bonchev–Trinajstić information content (AvgIpc) is 2.89. The minimum Gasteiger partial charge on any atom is -0.493 e. The van der Waals surface area contributed by atoms with Crippen LogP contribution in [0.3, 0.4) is 0 Å². The lowest BCUT2D eigenvalue weighted by molar-refractivity contribution is -0.145. The first-order valence-electron chi connectivity index (χ1n) is 11.9. The molecule has 0 saturated heterocycles. The summed E-state index contributed by atoms with van der Waals surface area (Å²) < 4.78 is 16.8. The molecule has 0 spiro atoms. The van der Waals surface area contributed by atoms with Gasteiger partial charge in [0.25, 0.3) is 5.91 Å². The first kappa shape index (κ1) is 26.8. The normalized spacial score (nSPS) is 16.1. The lowest BCUT2D eigenvalue weighted by atomic mass is 9.93. The van der Waals surface area contributed by atoms with E-state index in [0.29, 0.717) is 63.6 Å². The lowest BCUT2D eigenvalue weighted by Crippen LogP contribution is -2.37. The molecule has 9 heteroatoms. The molecule has 0 saturated carbocycles. The smallest absolute Gasteiger partial charge is 0.313 e. The summed E-state index contributed by atoms with van der Waals surface area (Å²) in [6.45, 7) is 4.17. The summed E-state index contributed by atoms with van der Waals surface area (Å²) in [5.74, 6) is 0.270. The van der Waals surface area contributed by atoms with E-state index < -0.39 is 18.1 Å². The van der Waals surface area contributed by atoms with E-state index in [-0.39, 0.29) is 11.9 Å². The predicted molar refractivity (Wildman–Crippen MR) is 141 cm³/mol. The Morgan fingerprint density at radius 2 is 1.81 bits per heavy atom. The number of aliphatic hydroxyl groups excluding tert-OH is 1. The molecule has 1 amide bonds. The molecule has 37 heavy (non-hydrogen) atoms. The number of halogens is 2. The van der Waals surface area contributed by atoms with Gasteiger partial charge in [-0.3, -0.25) is 9.59 Å². The summed E-state index contributed by atoms with van der Waals surface area (Å²) in [5.41, 5.74) is 1.73. The minimum absolute atomic E-state index is 0.302. The van der Waals surface area contributed by atoms with Gasteiger partial charge in [-0.1, -0.05) is 35.3 Å². The van der Waals surface area contributed by atoms with Gasteiger partial charge in [0, 0.05) is 22.2 Å². The first-order chi connectivity index (χ1) is 17.8. The van der Waals surface area contributed by atoms with Crippen LogP contribution in [0, 0.1) is 0 Å². The van der Waals surface area contributed by atoms with Gasteiger partial charge >= 0.3 is 5.97 Å². The van der Waals surface area contributed by atoms with Crippen LogP contribution in [0.25, 0.3) is 0 Å². The van der Waals surface area contributed by atoms with Crippen LogP contribution in [0.4, 0.5) is 0 Å². The quantitative estimate of drug-likeness (QED) is 0.335. The highest BCUT2D eigenvalue weighted by Crippen LogP contribution is 2.42. The van der Waals surface area contributed by atoms with Gasteiger partial charge in [-0.2, -0.15) is 0 Å². The zero-order valence-corrected chi connectivity index (χ0v) is 21.9. The van der Waals surface area contributed by atoms with Gasteiger partial charge in [0.15, 0.2) is 0 Å². The molecule has 4 rings (SSSR count). The standard InChI is InChI=1S/C28H27Cl2NO6/c1-3-35-28(34)21-12-13-36-24-15-25(23(30)14-22(21)24)37-20-10-6-18(7-11-20)27(33)31-16(2)26(32)17-4-8-19(29)9-5-17/h4-11,14-16,21,26,32H,3,12-13H2,1-2H3,(H,31,33). The molecule has 0 fully saturated rings. The number of rotatable bonds is 8. The van der Waals surface area contributed by atoms with Gasteiger partial charge in [0.2, 0.25) is 0 Å². The van der Waals surface area contributed by atoms with Crippen molar-refractivity contribution < 1.29 is 28.9 Å². The van der Waals surface area contributed by atoms with E-state index in [1.54, 1.807) is 74.5 Å². The zero-order valence-electron chi connectivity index (χ0n) is 20.4. The molecule has 3 aromatic carbocycles. The fourth-order valence-corrected chi connectivity index (χ4v) is 4.41.